The van der Waals surface area contributed by atoms with Gasteiger partial charge in [0, 0.05) is 5.92 Å². The lowest BCUT2D eigenvalue weighted by atomic mass is 9.79. The van der Waals surface area contributed by atoms with Gasteiger partial charge in [-0.15, -0.1) is 0 Å². The summed E-state index contributed by atoms with van der Waals surface area (Å²) in [6.07, 6.45) is 10.1. The number of allylic oxidation sites excluding steroid dienone is 4. The van der Waals surface area contributed by atoms with Gasteiger partial charge in [0.05, 0.1) is 0 Å². The highest BCUT2D eigenvalue weighted by atomic mass is 14.3. The van der Waals surface area contributed by atoms with Crippen LogP contribution in [0, 0.1) is 13.8 Å². The Balaban J connectivity index is 1.74. The maximum Gasteiger partial charge on any atom is 0.00682 e. The molecule has 162 valence electrons. The van der Waals surface area contributed by atoms with Gasteiger partial charge < -0.3 is 0 Å². The van der Waals surface area contributed by atoms with Crippen LogP contribution in [0.5, 0.6) is 0 Å². The molecule has 0 unspecified atom stereocenters. The van der Waals surface area contributed by atoms with E-state index in [1.54, 1.807) is 0 Å². The van der Waals surface area contributed by atoms with Gasteiger partial charge in [0.2, 0.25) is 0 Å². The average molecular weight is 435 g/mol. The summed E-state index contributed by atoms with van der Waals surface area (Å²) < 4.78 is 0. The van der Waals surface area contributed by atoms with Crippen molar-refractivity contribution in [3.63, 3.8) is 0 Å². The molecule has 0 fully saturated rings. The van der Waals surface area contributed by atoms with Crippen molar-refractivity contribution < 1.29 is 0 Å². The largest absolute Gasteiger partial charge is 0.0836 e. The molecule has 1 atom stereocenters. The molecular formula is C34H26. The van der Waals surface area contributed by atoms with Gasteiger partial charge in [0.15, 0.2) is 0 Å². The topological polar surface area (TPSA) is 0 Å². The second-order valence-corrected chi connectivity index (χ2v) is 9.72. The molecule has 34 heavy (non-hydrogen) atoms. The molecule has 0 bridgehead atoms. The van der Waals surface area contributed by atoms with Crippen molar-refractivity contribution in [1.82, 2.24) is 0 Å². The smallest absolute Gasteiger partial charge is 0.00682 e. The van der Waals surface area contributed by atoms with Gasteiger partial charge in [-0.05, 0) is 91.9 Å². The molecule has 2 aliphatic carbocycles. The van der Waals surface area contributed by atoms with Crippen LogP contribution >= 0.6 is 0 Å². The predicted octanol–water partition coefficient (Wildman–Crippen LogP) is 9.52. The zero-order chi connectivity index (χ0) is 22.8. The van der Waals surface area contributed by atoms with E-state index in [0.717, 1.165) is 6.42 Å². The van der Waals surface area contributed by atoms with E-state index in [1.165, 1.54) is 71.6 Å². The molecule has 0 amide bonds. The van der Waals surface area contributed by atoms with Crippen molar-refractivity contribution in [3.05, 3.63) is 120 Å². The second-order valence-electron chi connectivity index (χ2n) is 9.72. The third-order valence-corrected chi connectivity index (χ3v) is 7.79. The molecule has 0 saturated heterocycles. The van der Waals surface area contributed by atoms with E-state index < -0.39 is 0 Å². The van der Waals surface area contributed by atoms with Crippen molar-refractivity contribution >= 4 is 21.5 Å². The highest BCUT2D eigenvalue weighted by Crippen LogP contribution is 2.57. The molecule has 0 nitrogen and oxygen atoms in total. The molecule has 5 aromatic carbocycles. The van der Waals surface area contributed by atoms with Crippen LogP contribution in [0.4, 0.5) is 0 Å². The molecule has 0 heterocycles. The van der Waals surface area contributed by atoms with Crippen LogP contribution in [-0.2, 0) is 0 Å². The number of aryl methyl sites for hydroxylation is 2. The summed E-state index contributed by atoms with van der Waals surface area (Å²) in [5.41, 5.74) is 12.5. The van der Waals surface area contributed by atoms with Crippen molar-refractivity contribution in [3.8, 4) is 33.4 Å². The van der Waals surface area contributed by atoms with Crippen LogP contribution in [0.2, 0.25) is 0 Å². The Bertz CT molecular complexity index is 1670. The monoisotopic (exact) mass is 434 g/mol. The Labute approximate surface area is 200 Å². The molecule has 5 aromatic rings. The van der Waals surface area contributed by atoms with Crippen LogP contribution in [0.1, 0.15) is 29.0 Å². The first-order valence-corrected chi connectivity index (χ1v) is 12.2. The van der Waals surface area contributed by atoms with Crippen molar-refractivity contribution in [2.75, 3.05) is 0 Å². The van der Waals surface area contributed by atoms with Gasteiger partial charge >= 0.3 is 0 Å². The summed E-state index contributed by atoms with van der Waals surface area (Å²) in [6, 6.07) is 29.4. The van der Waals surface area contributed by atoms with E-state index in [9.17, 15) is 0 Å². The Morgan fingerprint density at radius 2 is 1.26 bits per heavy atom. The van der Waals surface area contributed by atoms with E-state index in [4.69, 9.17) is 0 Å². The zero-order valence-corrected chi connectivity index (χ0v) is 19.6. The molecular weight excluding hydrogens is 408 g/mol. The zero-order valence-electron chi connectivity index (χ0n) is 19.6. The lowest BCUT2D eigenvalue weighted by molar-refractivity contribution is 0.865. The van der Waals surface area contributed by atoms with Gasteiger partial charge in [0.1, 0.15) is 0 Å². The van der Waals surface area contributed by atoms with Crippen LogP contribution in [0.3, 0.4) is 0 Å². The van der Waals surface area contributed by atoms with Gasteiger partial charge in [-0.2, -0.15) is 0 Å². The molecule has 0 saturated carbocycles. The Morgan fingerprint density at radius 1 is 0.588 bits per heavy atom. The van der Waals surface area contributed by atoms with Crippen LogP contribution < -0.4 is 0 Å². The van der Waals surface area contributed by atoms with Gasteiger partial charge in [0.25, 0.3) is 0 Å². The highest BCUT2D eigenvalue weighted by Gasteiger charge is 2.32. The molecule has 0 N–H and O–H groups in total. The second kappa shape index (κ2) is 7.30. The van der Waals surface area contributed by atoms with Crippen LogP contribution in [-0.4, -0.2) is 0 Å². The molecule has 2 aliphatic rings. The first-order chi connectivity index (χ1) is 16.7. The first-order valence-electron chi connectivity index (χ1n) is 12.2. The lowest BCUT2D eigenvalue weighted by Gasteiger charge is -2.24. The maximum atomic E-state index is 2.39. The Hall–Kier alpha value is -3.90. The molecule has 7 rings (SSSR count). The molecule has 0 aromatic heterocycles. The van der Waals surface area contributed by atoms with Crippen LogP contribution in [0.25, 0.3) is 54.9 Å². The minimum atomic E-state index is 0.375. The number of hydrogen-bond donors (Lipinski definition) is 0. The SMILES string of the molecule is Cc1ccc2c3c(ccc(C)c13)-c1c-2c(-c2ccccc2)c2ccccc2c1[C@H]1C=CC=CC1. The summed E-state index contributed by atoms with van der Waals surface area (Å²) in [5.74, 6) is 0.375. The number of fused-ring (bicyclic) bond motifs is 4. The minimum Gasteiger partial charge on any atom is -0.0836 e. The summed E-state index contributed by atoms with van der Waals surface area (Å²) >= 11 is 0. The Morgan fingerprint density at radius 3 is 1.97 bits per heavy atom. The number of benzene rings is 5. The summed E-state index contributed by atoms with van der Waals surface area (Å²) in [4.78, 5) is 0. The third-order valence-electron chi connectivity index (χ3n) is 7.79. The van der Waals surface area contributed by atoms with Gasteiger partial charge in [-0.3, -0.25) is 0 Å². The fourth-order valence-corrected chi connectivity index (χ4v) is 6.38. The standard InChI is InChI=1S/C34H26/c1-21-17-19-27-32-28(20-18-22(2)29(21)32)34-31(24-13-7-4-8-14-24)26-16-10-9-15-25(26)30(33(27)34)23-11-5-3-6-12-23/h3-13,15-20,24H,14H2,1-2H3/t24-/m0/s1. The Kier molecular flexibility index (Phi) is 4.20. The molecule has 0 heteroatoms. The van der Waals surface area contributed by atoms with Gasteiger partial charge in [-0.1, -0.05) is 103 Å². The summed E-state index contributed by atoms with van der Waals surface area (Å²) in [6.45, 7) is 4.51. The number of hydrogen-bond acceptors (Lipinski definition) is 0. The summed E-state index contributed by atoms with van der Waals surface area (Å²) in [7, 11) is 0. The van der Waals surface area contributed by atoms with Crippen LogP contribution in [0.15, 0.2) is 103 Å². The first kappa shape index (κ1) is 19.6. The van der Waals surface area contributed by atoms with Crippen molar-refractivity contribution in [1.29, 1.82) is 0 Å². The highest BCUT2D eigenvalue weighted by molar-refractivity contribution is 6.24. The molecule has 0 radical (unpaired) electrons. The van der Waals surface area contributed by atoms with Crippen molar-refractivity contribution in [2.24, 2.45) is 0 Å². The lowest BCUT2D eigenvalue weighted by Crippen LogP contribution is -2.02. The van der Waals surface area contributed by atoms with E-state index in [1.807, 2.05) is 0 Å². The van der Waals surface area contributed by atoms with E-state index in [-0.39, 0.29) is 0 Å². The normalized spacial score (nSPS) is 15.9. The quantitative estimate of drug-likeness (QED) is 0.254. The minimum absolute atomic E-state index is 0.375. The fraction of sp³-hybridized carbons (Fsp3) is 0.118. The maximum absolute atomic E-state index is 2.39. The predicted molar refractivity (Wildman–Crippen MR) is 146 cm³/mol. The summed E-state index contributed by atoms with van der Waals surface area (Å²) in [5, 5.41) is 5.57. The average Bonchev–Trinajstić information content (AvgIpc) is 3.21. The van der Waals surface area contributed by atoms with E-state index in [2.05, 4.69) is 117 Å². The number of rotatable bonds is 2. The third kappa shape index (κ3) is 2.60. The van der Waals surface area contributed by atoms with E-state index >= 15 is 0 Å². The van der Waals surface area contributed by atoms with Gasteiger partial charge in [-0.25, -0.2) is 0 Å². The fourth-order valence-electron chi connectivity index (χ4n) is 6.38. The molecule has 0 aliphatic heterocycles. The van der Waals surface area contributed by atoms with Crippen molar-refractivity contribution in [2.45, 2.75) is 26.2 Å². The van der Waals surface area contributed by atoms with E-state index in [0.29, 0.717) is 5.92 Å². The molecule has 0 spiro atoms.